The molecule has 0 amide bonds. The third-order valence-corrected chi connectivity index (χ3v) is 4.23. The molecule has 4 heteroatoms. The molecule has 0 bridgehead atoms. The number of imidazole rings is 1. The highest BCUT2D eigenvalue weighted by Gasteiger charge is 2.43. The van der Waals surface area contributed by atoms with Crippen molar-refractivity contribution in [3.8, 4) is 0 Å². The molecule has 2 rings (SSSR count). The first-order chi connectivity index (χ1) is 8.63. The van der Waals surface area contributed by atoms with Crippen LogP contribution in [0.4, 0.5) is 0 Å². The predicted octanol–water partition coefficient (Wildman–Crippen LogP) is 2.53. The van der Waals surface area contributed by atoms with E-state index in [9.17, 15) is 5.11 Å². The van der Waals surface area contributed by atoms with Crippen molar-refractivity contribution >= 4 is 0 Å². The van der Waals surface area contributed by atoms with Crippen molar-refractivity contribution in [2.45, 2.75) is 57.8 Å². The molecule has 0 aromatic carbocycles. The van der Waals surface area contributed by atoms with Gasteiger partial charge in [0, 0.05) is 26.0 Å². The number of hydrogen-bond donors (Lipinski definition) is 1. The Labute approximate surface area is 109 Å². The van der Waals surface area contributed by atoms with Gasteiger partial charge in [0.05, 0.1) is 0 Å². The Morgan fingerprint density at radius 2 is 2.44 bits per heavy atom. The minimum absolute atomic E-state index is 0.462. The molecular weight excluding hydrogens is 228 g/mol. The summed E-state index contributed by atoms with van der Waals surface area (Å²) in [5.41, 5.74) is -0.462. The van der Waals surface area contributed by atoms with Crippen LogP contribution in [0.25, 0.3) is 0 Å². The van der Waals surface area contributed by atoms with Gasteiger partial charge in [-0.05, 0) is 25.7 Å². The van der Waals surface area contributed by atoms with Gasteiger partial charge in [0.1, 0.15) is 17.5 Å². The molecule has 1 saturated carbocycles. The number of aliphatic hydroxyl groups excluding tert-OH is 1. The van der Waals surface area contributed by atoms with Crippen molar-refractivity contribution in [1.82, 2.24) is 9.55 Å². The highest BCUT2D eigenvalue weighted by molar-refractivity contribution is 5.06. The summed E-state index contributed by atoms with van der Waals surface area (Å²) in [6.07, 6.45) is 7.16. The predicted molar refractivity (Wildman–Crippen MR) is 70.2 cm³/mol. The number of nitrogens with zero attached hydrogens (tertiary/aromatic N) is 2. The molecular formula is C14H24N2O2. The molecule has 0 spiro atoms. The van der Waals surface area contributed by atoms with Gasteiger partial charge in [0.2, 0.25) is 0 Å². The largest absolute Gasteiger partial charge is 0.382 e. The lowest BCUT2D eigenvalue weighted by molar-refractivity contribution is -0.137. The number of aromatic nitrogens is 2. The van der Waals surface area contributed by atoms with Crippen LogP contribution in [0.3, 0.4) is 0 Å². The molecule has 0 aliphatic heterocycles. The molecule has 102 valence electrons. The second kappa shape index (κ2) is 5.41. The molecule has 0 radical (unpaired) electrons. The van der Waals surface area contributed by atoms with Crippen LogP contribution in [0.1, 0.15) is 51.5 Å². The zero-order valence-electron chi connectivity index (χ0n) is 11.6. The Hall–Kier alpha value is -0.870. The summed E-state index contributed by atoms with van der Waals surface area (Å²) in [5.74, 6) is 1.33. The van der Waals surface area contributed by atoms with E-state index in [4.69, 9.17) is 4.74 Å². The number of hydrogen-bond acceptors (Lipinski definition) is 3. The van der Waals surface area contributed by atoms with Crippen LogP contribution in [0.2, 0.25) is 0 Å². The summed E-state index contributed by atoms with van der Waals surface area (Å²) in [7, 11) is 1.71. The van der Waals surface area contributed by atoms with E-state index in [1.54, 1.807) is 13.3 Å². The first kappa shape index (κ1) is 13.6. The smallest absolute Gasteiger partial charge is 0.141 e. The monoisotopic (exact) mass is 252 g/mol. The fourth-order valence-electron chi connectivity index (χ4n) is 3.16. The van der Waals surface area contributed by atoms with Gasteiger partial charge in [-0.1, -0.05) is 19.8 Å². The Morgan fingerprint density at radius 3 is 3.06 bits per heavy atom. The van der Waals surface area contributed by atoms with E-state index < -0.39 is 11.7 Å². The average molecular weight is 252 g/mol. The van der Waals surface area contributed by atoms with Gasteiger partial charge in [-0.2, -0.15) is 0 Å². The van der Waals surface area contributed by atoms with E-state index in [1.165, 1.54) is 6.42 Å². The minimum atomic E-state index is -0.639. The lowest BCUT2D eigenvalue weighted by atomic mass is 9.75. The van der Waals surface area contributed by atoms with Gasteiger partial charge in [-0.3, -0.25) is 0 Å². The van der Waals surface area contributed by atoms with Crippen molar-refractivity contribution in [2.24, 2.45) is 5.92 Å². The summed E-state index contributed by atoms with van der Waals surface area (Å²) < 4.78 is 7.72. The van der Waals surface area contributed by atoms with Gasteiger partial charge in [0.15, 0.2) is 0 Å². The summed E-state index contributed by atoms with van der Waals surface area (Å²) in [6, 6.07) is 0. The lowest BCUT2D eigenvalue weighted by Gasteiger charge is -2.42. The average Bonchev–Trinajstić information content (AvgIpc) is 2.85. The zero-order chi connectivity index (χ0) is 13.2. The first-order valence-electron chi connectivity index (χ1n) is 6.87. The molecule has 1 heterocycles. The maximum absolute atomic E-state index is 10.7. The van der Waals surface area contributed by atoms with E-state index in [0.29, 0.717) is 5.92 Å². The second-order valence-electron chi connectivity index (χ2n) is 5.44. The third-order valence-electron chi connectivity index (χ3n) is 4.23. The molecule has 18 heavy (non-hydrogen) atoms. The molecule has 1 aliphatic rings. The van der Waals surface area contributed by atoms with Gasteiger partial charge in [-0.25, -0.2) is 4.98 Å². The molecule has 4 nitrogen and oxygen atoms in total. The van der Waals surface area contributed by atoms with Crippen LogP contribution in [0.15, 0.2) is 12.4 Å². The lowest BCUT2D eigenvalue weighted by Crippen LogP contribution is -2.43. The Morgan fingerprint density at radius 1 is 1.67 bits per heavy atom. The van der Waals surface area contributed by atoms with Crippen molar-refractivity contribution in [1.29, 1.82) is 0 Å². The molecule has 3 unspecified atom stereocenters. The maximum atomic E-state index is 10.7. The van der Waals surface area contributed by atoms with Gasteiger partial charge in [0.25, 0.3) is 0 Å². The van der Waals surface area contributed by atoms with Crippen LogP contribution in [-0.2, 0) is 11.3 Å². The summed E-state index contributed by atoms with van der Waals surface area (Å²) in [4.78, 5) is 4.31. The Kier molecular flexibility index (Phi) is 4.07. The van der Waals surface area contributed by atoms with E-state index >= 15 is 0 Å². The van der Waals surface area contributed by atoms with Crippen molar-refractivity contribution in [2.75, 3.05) is 7.11 Å². The molecule has 1 fully saturated rings. The number of aliphatic hydroxyl groups is 1. The van der Waals surface area contributed by atoms with Crippen molar-refractivity contribution in [3.63, 3.8) is 0 Å². The summed E-state index contributed by atoms with van der Waals surface area (Å²) in [5, 5.41) is 10.7. The van der Waals surface area contributed by atoms with Crippen molar-refractivity contribution in [3.05, 3.63) is 18.2 Å². The van der Waals surface area contributed by atoms with Gasteiger partial charge < -0.3 is 14.4 Å². The molecule has 3 atom stereocenters. The van der Waals surface area contributed by atoms with Gasteiger partial charge in [-0.15, -0.1) is 0 Å². The maximum Gasteiger partial charge on any atom is 0.141 e. The van der Waals surface area contributed by atoms with Crippen LogP contribution in [0, 0.1) is 5.92 Å². The van der Waals surface area contributed by atoms with E-state index in [0.717, 1.165) is 31.6 Å². The number of rotatable bonds is 4. The second-order valence-corrected chi connectivity index (χ2v) is 5.44. The van der Waals surface area contributed by atoms with E-state index in [-0.39, 0.29) is 0 Å². The zero-order valence-corrected chi connectivity index (χ0v) is 11.6. The van der Waals surface area contributed by atoms with E-state index in [1.807, 2.05) is 10.8 Å². The minimum Gasteiger partial charge on any atom is -0.382 e. The summed E-state index contributed by atoms with van der Waals surface area (Å²) in [6.45, 7) is 5.11. The standard InChI is InChI=1S/C14H24N2O2/c1-4-16-9-8-15-13(16)12(17)14(18-3)7-5-6-11(2)10-14/h8-9,11-12,17H,4-7,10H2,1-3H3. The highest BCUT2D eigenvalue weighted by Crippen LogP contribution is 2.42. The first-order valence-corrected chi connectivity index (χ1v) is 6.87. The summed E-state index contributed by atoms with van der Waals surface area (Å²) >= 11 is 0. The molecule has 0 saturated heterocycles. The van der Waals surface area contributed by atoms with Crippen LogP contribution in [0.5, 0.6) is 0 Å². The fourth-order valence-corrected chi connectivity index (χ4v) is 3.16. The molecule has 1 aromatic heterocycles. The Balaban J connectivity index is 2.26. The third kappa shape index (κ3) is 2.31. The van der Waals surface area contributed by atoms with Crippen molar-refractivity contribution < 1.29 is 9.84 Å². The molecule has 1 aliphatic carbocycles. The highest BCUT2D eigenvalue weighted by atomic mass is 16.5. The number of methoxy groups -OCH3 is 1. The quantitative estimate of drug-likeness (QED) is 0.895. The molecule has 1 aromatic rings. The number of ether oxygens (including phenoxy) is 1. The van der Waals surface area contributed by atoms with E-state index in [2.05, 4.69) is 18.8 Å². The molecule has 1 N–H and O–H groups in total. The van der Waals surface area contributed by atoms with Crippen LogP contribution < -0.4 is 0 Å². The normalized spacial score (nSPS) is 30.3. The SMILES string of the molecule is CCn1ccnc1C(O)C1(OC)CCCC(C)C1. The van der Waals surface area contributed by atoms with Crippen LogP contribution >= 0.6 is 0 Å². The topological polar surface area (TPSA) is 47.3 Å². The van der Waals surface area contributed by atoms with Gasteiger partial charge >= 0.3 is 0 Å². The van der Waals surface area contributed by atoms with Crippen LogP contribution in [-0.4, -0.2) is 27.4 Å². The fraction of sp³-hybridized carbons (Fsp3) is 0.786. The number of aryl methyl sites for hydroxylation is 1. The Bertz CT molecular complexity index is 391.